The van der Waals surface area contributed by atoms with E-state index in [1.165, 1.54) is 17.4 Å². The largest absolute Gasteiger partial charge is 0.370 e. The van der Waals surface area contributed by atoms with Crippen molar-refractivity contribution in [1.29, 1.82) is 5.41 Å². The number of rotatable bonds is 7. The third kappa shape index (κ3) is 4.96. The second kappa shape index (κ2) is 9.27. The van der Waals surface area contributed by atoms with Gasteiger partial charge < -0.3 is 11.1 Å². The number of nitrogens with one attached hydrogen (secondary N) is 2. The fourth-order valence-corrected chi connectivity index (χ4v) is 3.14. The van der Waals surface area contributed by atoms with Crippen molar-refractivity contribution in [2.75, 3.05) is 6.54 Å². The molecule has 132 valence electrons. The van der Waals surface area contributed by atoms with Gasteiger partial charge >= 0.3 is 0 Å². The molecule has 0 aromatic heterocycles. The smallest absolute Gasteiger partial charge is 0.234 e. The fourth-order valence-electron chi connectivity index (χ4n) is 3.14. The number of likely N-dealkylation sites (tertiary alicyclic amines) is 1. The summed E-state index contributed by atoms with van der Waals surface area (Å²) in [6.07, 6.45) is 3.11. The van der Waals surface area contributed by atoms with Crippen LogP contribution in [0.4, 0.5) is 0 Å². The predicted octanol–water partition coefficient (Wildman–Crippen LogP) is 1.68. The minimum Gasteiger partial charge on any atom is -0.370 e. The number of halogens is 1. The van der Waals surface area contributed by atoms with Crippen LogP contribution < -0.4 is 11.1 Å². The van der Waals surface area contributed by atoms with E-state index in [9.17, 15) is 9.59 Å². The number of hydrogen-bond acceptors (Lipinski definition) is 3. The molecular formula is C17H25ClN4O2. The molecule has 0 bridgehead atoms. The highest BCUT2D eigenvalue weighted by Gasteiger charge is 2.48. The molecule has 1 aliphatic rings. The normalized spacial score (nSPS) is 19.2. The van der Waals surface area contributed by atoms with E-state index in [-0.39, 0.29) is 42.1 Å². The van der Waals surface area contributed by atoms with Crippen molar-refractivity contribution in [3.63, 3.8) is 0 Å². The van der Waals surface area contributed by atoms with Gasteiger partial charge in [0.05, 0.1) is 12.0 Å². The molecule has 2 rings (SSSR count). The summed E-state index contributed by atoms with van der Waals surface area (Å²) in [4.78, 5) is 25.2. The molecule has 0 radical (unpaired) electrons. The number of guanidine groups is 1. The summed E-state index contributed by atoms with van der Waals surface area (Å²) in [5.74, 6) is -0.406. The van der Waals surface area contributed by atoms with Crippen LogP contribution in [0.2, 0.25) is 0 Å². The van der Waals surface area contributed by atoms with Crippen LogP contribution in [0, 0.1) is 11.3 Å². The number of hydrogen-bond donors (Lipinski definition) is 3. The summed E-state index contributed by atoms with van der Waals surface area (Å²) in [7, 11) is 0. The van der Waals surface area contributed by atoms with Crippen LogP contribution in [0.15, 0.2) is 30.3 Å². The van der Waals surface area contributed by atoms with Crippen molar-refractivity contribution in [2.45, 2.75) is 38.6 Å². The molecule has 0 saturated carbocycles. The minimum absolute atomic E-state index is 0. The molecule has 1 aliphatic heterocycles. The van der Waals surface area contributed by atoms with Gasteiger partial charge in [0.25, 0.3) is 0 Å². The van der Waals surface area contributed by atoms with Crippen molar-refractivity contribution < 1.29 is 9.59 Å². The molecule has 24 heavy (non-hydrogen) atoms. The highest BCUT2D eigenvalue weighted by molar-refractivity contribution is 6.01. The Morgan fingerprint density at radius 2 is 1.96 bits per heavy atom. The van der Waals surface area contributed by atoms with Crippen molar-refractivity contribution in [3.8, 4) is 0 Å². The maximum absolute atomic E-state index is 12.2. The number of amides is 2. The Morgan fingerprint density at radius 3 is 2.54 bits per heavy atom. The van der Waals surface area contributed by atoms with Gasteiger partial charge in [-0.3, -0.25) is 19.9 Å². The third-order valence-corrected chi connectivity index (χ3v) is 4.27. The van der Waals surface area contributed by atoms with E-state index in [1.807, 2.05) is 18.2 Å². The van der Waals surface area contributed by atoms with Gasteiger partial charge in [-0.15, -0.1) is 12.4 Å². The topological polar surface area (TPSA) is 99.3 Å². The van der Waals surface area contributed by atoms with E-state index in [4.69, 9.17) is 11.1 Å². The monoisotopic (exact) mass is 352 g/mol. The van der Waals surface area contributed by atoms with Gasteiger partial charge in [-0.2, -0.15) is 0 Å². The Hall–Kier alpha value is -2.08. The molecule has 6 nitrogen and oxygen atoms in total. The average Bonchev–Trinajstić information content (AvgIpc) is 2.51. The Bertz CT molecular complexity index is 579. The first-order valence-electron chi connectivity index (χ1n) is 7.96. The van der Waals surface area contributed by atoms with E-state index in [0.29, 0.717) is 13.0 Å². The van der Waals surface area contributed by atoms with E-state index < -0.39 is 0 Å². The van der Waals surface area contributed by atoms with Crippen molar-refractivity contribution in [2.24, 2.45) is 11.7 Å². The summed E-state index contributed by atoms with van der Waals surface area (Å²) in [6, 6.07) is 10.1. The van der Waals surface area contributed by atoms with Gasteiger partial charge in [-0.25, -0.2) is 0 Å². The second-order valence-corrected chi connectivity index (χ2v) is 5.91. The predicted molar refractivity (Wildman–Crippen MR) is 96.0 cm³/mol. The molecule has 2 amide bonds. The Morgan fingerprint density at radius 1 is 1.29 bits per heavy atom. The van der Waals surface area contributed by atoms with Gasteiger partial charge in [0.15, 0.2) is 5.96 Å². The van der Waals surface area contributed by atoms with Crippen molar-refractivity contribution >= 4 is 30.2 Å². The molecule has 1 aromatic rings. The molecular weight excluding hydrogens is 328 g/mol. The lowest BCUT2D eigenvalue weighted by Gasteiger charge is -2.45. The Balaban J connectivity index is 0.00000288. The first-order chi connectivity index (χ1) is 11.0. The van der Waals surface area contributed by atoms with Gasteiger partial charge in [-0.1, -0.05) is 30.3 Å². The average molecular weight is 353 g/mol. The van der Waals surface area contributed by atoms with Gasteiger partial charge in [0.2, 0.25) is 11.8 Å². The van der Waals surface area contributed by atoms with Gasteiger partial charge in [0.1, 0.15) is 0 Å². The number of benzene rings is 1. The summed E-state index contributed by atoms with van der Waals surface area (Å²) < 4.78 is 0. The molecule has 4 N–H and O–H groups in total. The molecule has 1 aromatic carbocycles. The first kappa shape index (κ1) is 20.0. The van der Waals surface area contributed by atoms with Gasteiger partial charge in [0, 0.05) is 13.5 Å². The lowest BCUT2D eigenvalue weighted by molar-refractivity contribution is -0.166. The second-order valence-electron chi connectivity index (χ2n) is 5.91. The Kier molecular flexibility index (Phi) is 7.71. The summed E-state index contributed by atoms with van der Waals surface area (Å²) in [6.45, 7) is 2.02. The zero-order valence-electron chi connectivity index (χ0n) is 13.8. The van der Waals surface area contributed by atoms with Crippen LogP contribution in [-0.2, 0) is 16.0 Å². The summed E-state index contributed by atoms with van der Waals surface area (Å²) in [5, 5.41) is 9.85. The summed E-state index contributed by atoms with van der Waals surface area (Å²) in [5.41, 5.74) is 6.45. The standard InChI is InChI=1S/C17H24N4O2.ClH/c1-12(22)21-15(10-9-13-6-3-2-4-7-13)14(16(21)23)8-5-11-20-17(18)19;/h2-4,6-7,14-15H,5,8-11H2,1H3,(H4,18,19,20);1H/t14-,15-;/m1./s1. The van der Waals surface area contributed by atoms with E-state index in [1.54, 1.807) is 0 Å². The highest BCUT2D eigenvalue weighted by Crippen LogP contribution is 2.33. The molecule has 0 spiro atoms. The number of imide groups is 1. The SMILES string of the molecule is CC(=O)N1C(=O)[C@H](CCCNC(=N)N)[C@H]1CCc1ccccc1.Cl. The van der Waals surface area contributed by atoms with Crippen molar-refractivity contribution in [3.05, 3.63) is 35.9 Å². The minimum atomic E-state index is -0.175. The van der Waals surface area contributed by atoms with Crippen LogP contribution in [0.25, 0.3) is 0 Å². The maximum atomic E-state index is 12.2. The van der Waals surface area contributed by atoms with E-state index in [0.717, 1.165) is 19.3 Å². The molecule has 7 heteroatoms. The van der Waals surface area contributed by atoms with Gasteiger partial charge in [-0.05, 0) is 31.2 Å². The van der Waals surface area contributed by atoms with Crippen LogP contribution >= 0.6 is 12.4 Å². The number of carbonyl (C=O) groups excluding carboxylic acids is 2. The number of aryl methyl sites for hydroxylation is 1. The molecule has 0 aliphatic carbocycles. The number of β-lactam (4-membered cyclic amide) rings is 1. The van der Waals surface area contributed by atoms with E-state index in [2.05, 4.69) is 17.4 Å². The van der Waals surface area contributed by atoms with Crippen LogP contribution in [0.3, 0.4) is 0 Å². The highest BCUT2D eigenvalue weighted by atomic mass is 35.5. The van der Waals surface area contributed by atoms with E-state index >= 15 is 0 Å². The molecule has 1 saturated heterocycles. The van der Waals surface area contributed by atoms with Crippen LogP contribution in [0.5, 0.6) is 0 Å². The number of carbonyl (C=O) groups is 2. The Labute approximate surface area is 148 Å². The maximum Gasteiger partial charge on any atom is 0.234 e. The van der Waals surface area contributed by atoms with Crippen molar-refractivity contribution in [1.82, 2.24) is 10.2 Å². The zero-order chi connectivity index (χ0) is 16.8. The zero-order valence-corrected chi connectivity index (χ0v) is 14.6. The molecule has 0 unspecified atom stereocenters. The van der Waals surface area contributed by atoms with Crippen LogP contribution in [0.1, 0.15) is 31.7 Å². The third-order valence-electron chi connectivity index (χ3n) is 4.27. The molecule has 1 fully saturated rings. The first-order valence-corrected chi connectivity index (χ1v) is 7.96. The quantitative estimate of drug-likeness (QED) is 0.301. The number of nitrogens with two attached hydrogens (primary N) is 1. The molecule has 1 heterocycles. The lowest BCUT2D eigenvalue weighted by Crippen LogP contribution is -2.62. The lowest BCUT2D eigenvalue weighted by atomic mass is 9.80. The molecule has 2 atom stereocenters. The van der Waals surface area contributed by atoms with Crippen LogP contribution in [-0.4, -0.2) is 35.3 Å². The fraction of sp³-hybridized carbons (Fsp3) is 0.471. The number of nitrogens with zero attached hydrogens (tertiary/aromatic N) is 1. The summed E-state index contributed by atoms with van der Waals surface area (Å²) >= 11 is 0.